The van der Waals surface area contributed by atoms with Crippen molar-refractivity contribution >= 4 is 11.9 Å². The van der Waals surface area contributed by atoms with Crippen LogP contribution in [0.5, 0.6) is 17.2 Å². The molecular weight excluding hydrogens is 336 g/mol. The highest BCUT2D eigenvalue weighted by atomic mass is 16.6. The predicted molar refractivity (Wildman–Crippen MR) is 93.4 cm³/mol. The molecule has 1 atom stereocenters. The summed E-state index contributed by atoms with van der Waals surface area (Å²) in [6, 6.07) is 14.5. The lowest BCUT2D eigenvalue weighted by Gasteiger charge is -2.25. The first-order chi connectivity index (χ1) is 12.7. The largest absolute Gasteiger partial charge is 0.497 e. The molecule has 2 N–H and O–H groups in total. The number of carbonyl (C=O) groups is 1. The number of rotatable bonds is 4. The van der Waals surface area contributed by atoms with Gasteiger partial charge in [-0.05, 0) is 36.4 Å². The van der Waals surface area contributed by atoms with Crippen molar-refractivity contribution in [3.63, 3.8) is 0 Å². The molecule has 0 saturated carbocycles. The van der Waals surface area contributed by atoms with E-state index >= 15 is 0 Å². The Morgan fingerprint density at radius 2 is 1.96 bits per heavy atom. The Morgan fingerprint density at radius 1 is 1.19 bits per heavy atom. The Morgan fingerprint density at radius 3 is 2.73 bits per heavy atom. The highest BCUT2D eigenvalue weighted by Crippen LogP contribution is 2.31. The van der Waals surface area contributed by atoms with Crippen molar-refractivity contribution in [2.75, 3.05) is 19.0 Å². The van der Waals surface area contributed by atoms with Crippen LogP contribution in [-0.2, 0) is 4.79 Å². The molecule has 1 aromatic heterocycles. The molecular formula is C18H16N4O4. The number of hydrogen-bond acceptors (Lipinski definition) is 6. The molecule has 0 aliphatic carbocycles. The van der Waals surface area contributed by atoms with Gasteiger partial charge in [0.1, 0.15) is 12.4 Å². The summed E-state index contributed by atoms with van der Waals surface area (Å²) in [6.45, 7) is 0.124. The summed E-state index contributed by atoms with van der Waals surface area (Å²) in [5.74, 6) is 2.23. The van der Waals surface area contributed by atoms with Crippen molar-refractivity contribution in [1.82, 2.24) is 15.2 Å². The Hall–Kier alpha value is -3.55. The third kappa shape index (κ3) is 3.16. The minimum atomic E-state index is -0.771. The van der Waals surface area contributed by atoms with Crippen LogP contribution >= 0.6 is 0 Å². The van der Waals surface area contributed by atoms with Crippen LogP contribution in [0.2, 0.25) is 0 Å². The quantitative estimate of drug-likeness (QED) is 0.747. The smallest absolute Gasteiger partial charge is 0.271 e. The highest BCUT2D eigenvalue weighted by Gasteiger charge is 2.28. The van der Waals surface area contributed by atoms with E-state index in [1.165, 1.54) is 0 Å². The normalized spacial score (nSPS) is 15.3. The summed E-state index contributed by atoms with van der Waals surface area (Å²) in [7, 11) is 1.60. The van der Waals surface area contributed by atoms with Crippen molar-refractivity contribution in [2.24, 2.45) is 0 Å². The van der Waals surface area contributed by atoms with Crippen molar-refractivity contribution in [2.45, 2.75) is 6.10 Å². The SMILES string of the molecule is COc1ccc(-c2nc(NC(=O)[C@@H]3COc4ccccc4O3)n[nH]2)cc1. The molecule has 1 aliphatic heterocycles. The molecule has 2 aromatic carbocycles. The summed E-state index contributed by atoms with van der Waals surface area (Å²) in [5, 5.41) is 9.45. The van der Waals surface area contributed by atoms with Gasteiger partial charge in [0.2, 0.25) is 12.1 Å². The number of methoxy groups -OCH3 is 1. The number of nitrogens with one attached hydrogen (secondary N) is 2. The van der Waals surface area contributed by atoms with Crippen molar-refractivity contribution in [1.29, 1.82) is 0 Å². The fourth-order valence-electron chi connectivity index (χ4n) is 2.54. The van der Waals surface area contributed by atoms with Crippen molar-refractivity contribution in [3.8, 4) is 28.6 Å². The number of amides is 1. The molecule has 0 spiro atoms. The summed E-state index contributed by atoms with van der Waals surface area (Å²) >= 11 is 0. The first-order valence-corrected chi connectivity index (χ1v) is 7.99. The van der Waals surface area contributed by atoms with Gasteiger partial charge in [-0.25, -0.2) is 0 Å². The van der Waals surface area contributed by atoms with Crippen molar-refractivity contribution < 1.29 is 19.0 Å². The summed E-state index contributed by atoms with van der Waals surface area (Å²) in [4.78, 5) is 16.7. The molecule has 8 heteroatoms. The van der Waals surface area contributed by atoms with E-state index in [0.29, 0.717) is 17.3 Å². The molecule has 8 nitrogen and oxygen atoms in total. The van der Waals surface area contributed by atoms with E-state index in [1.54, 1.807) is 19.2 Å². The average molecular weight is 352 g/mol. The number of para-hydroxylation sites is 2. The van der Waals surface area contributed by atoms with Crippen LogP contribution in [0.25, 0.3) is 11.4 Å². The number of H-pyrrole nitrogens is 1. The molecule has 132 valence electrons. The second kappa shape index (κ2) is 6.75. The van der Waals surface area contributed by atoms with Gasteiger partial charge in [0.25, 0.3) is 5.91 Å². The number of anilines is 1. The number of aromatic amines is 1. The zero-order valence-electron chi connectivity index (χ0n) is 13.9. The van der Waals surface area contributed by atoms with E-state index in [1.807, 2.05) is 36.4 Å². The second-order valence-corrected chi connectivity index (χ2v) is 5.59. The first kappa shape index (κ1) is 15.9. The fourth-order valence-corrected chi connectivity index (χ4v) is 2.54. The number of hydrogen-bond donors (Lipinski definition) is 2. The zero-order valence-corrected chi connectivity index (χ0v) is 13.9. The number of fused-ring (bicyclic) bond motifs is 1. The lowest BCUT2D eigenvalue weighted by molar-refractivity contribution is -0.125. The Balaban J connectivity index is 1.43. The third-order valence-corrected chi connectivity index (χ3v) is 3.88. The van der Waals surface area contributed by atoms with Crippen molar-refractivity contribution in [3.05, 3.63) is 48.5 Å². The van der Waals surface area contributed by atoms with Gasteiger partial charge >= 0.3 is 0 Å². The molecule has 0 radical (unpaired) electrons. The number of benzene rings is 2. The topological polar surface area (TPSA) is 98.4 Å². The van der Waals surface area contributed by atoms with Gasteiger partial charge in [0.15, 0.2) is 17.3 Å². The number of nitrogens with zero attached hydrogens (tertiary/aromatic N) is 2. The molecule has 0 bridgehead atoms. The van der Waals surface area contributed by atoms with E-state index in [0.717, 1.165) is 11.3 Å². The van der Waals surface area contributed by atoms with Crippen LogP contribution in [0.15, 0.2) is 48.5 Å². The second-order valence-electron chi connectivity index (χ2n) is 5.59. The number of ether oxygens (including phenoxy) is 3. The minimum absolute atomic E-state index is 0.124. The van der Waals surface area contributed by atoms with Gasteiger partial charge < -0.3 is 14.2 Å². The number of aromatic nitrogens is 3. The molecule has 1 aliphatic rings. The van der Waals surface area contributed by atoms with Crippen LogP contribution in [0.1, 0.15) is 0 Å². The summed E-state index contributed by atoms with van der Waals surface area (Å²) < 4.78 is 16.3. The average Bonchev–Trinajstić information content (AvgIpc) is 3.16. The monoisotopic (exact) mass is 352 g/mol. The first-order valence-electron chi connectivity index (χ1n) is 7.99. The molecule has 26 heavy (non-hydrogen) atoms. The van der Waals surface area contributed by atoms with E-state index in [4.69, 9.17) is 14.2 Å². The maximum atomic E-state index is 12.4. The number of carbonyl (C=O) groups excluding carboxylic acids is 1. The molecule has 1 amide bonds. The minimum Gasteiger partial charge on any atom is -0.497 e. The van der Waals surface area contributed by atoms with Crippen LogP contribution in [0, 0.1) is 0 Å². The molecule has 0 saturated heterocycles. The predicted octanol–water partition coefficient (Wildman–Crippen LogP) is 2.26. The van der Waals surface area contributed by atoms with Gasteiger partial charge in [-0.2, -0.15) is 4.98 Å². The van der Waals surface area contributed by atoms with Gasteiger partial charge in [-0.15, -0.1) is 5.10 Å². The summed E-state index contributed by atoms with van der Waals surface area (Å²) in [6.07, 6.45) is -0.771. The Kier molecular flexibility index (Phi) is 4.14. The maximum absolute atomic E-state index is 12.4. The lowest BCUT2D eigenvalue weighted by atomic mass is 10.2. The molecule has 0 fully saturated rings. The molecule has 0 unspecified atom stereocenters. The molecule has 2 heterocycles. The van der Waals surface area contributed by atoms with E-state index < -0.39 is 6.10 Å². The fraction of sp³-hybridized carbons (Fsp3) is 0.167. The van der Waals surface area contributed by atoms with Gasteiger partial charge in [-0.1, -0.05) is 12.1 Å². The van der Waals surface area contributed by atoms with Crippen LogP contribution < -0.4 is 19.5 Å². The van der Waals surface area contributed by atoms with Gasteiger partial charge in [0, 0.05) is 5.56 Å². The van der Waals surface area contributed by atoms with Crippen LogP contribution in [0.3, 0.4) is 0 Å². The van der Waals surface area contributed by atoms with Gasteiger partial charge in [0.05, 0.1) is 7.11 Å². The third-order valence-electron chi connectivity index (χ3n) is 3.88. The van der Waals surface area contributed by atoms with Crippen LogP contribution in [-0.4, -0.2) is 40.9 Å². The standard InChI is InChI=1S/C18H16N4O4/c1-24-12-8-6-11(7-9-12)16-19-18(22-21-16)20-17(23)15-10-25-13-4-2-3-5-14(13)26-15/h2-9,15H,10H2,1H3,(H2,19,20,21,22,23)/t15-/m0/s1. The van der Waals surface area contributed by atoms with E-state index in [-0.39, 0.29) is 18.5 Å². The van der Waals surface area contributed by atoms with E-state index in [9.17, 15) is 4.79 Å². The maximum Gasteiger partial charge on any atom is 0.271 e. The Labute approximate surface area is 149 Å². The highest BCUT2D eigenvalue weighted by molar-refractivity contribution is 5.93. The van der Waals surface area contributed by atoms with Gasteiger partial charge in [-0.3, -0.25) is 15.2 Å². The zero-order chi connectivity index (χ0) is 17.9. The summed E-state index contributed by atoms with van der Waals surface area (Å²) in [5.41, 5.74) is 0.824. The van der Waals surface area contributed by atoms with E-state index in [2.05, 4.69) is 20.5 Å². The van der Waals surface area contributed by atoms with Crippen LogP contribution in [0.4, 0.5) is 5.95 Å². The Bertz CT molecular complexity index is 923. The lowest BCUT2D eigenvalue weighted by Crippen LogP contribution is -2.40. The molecule has 4 rings (SSSR count). The molecule has 3 aromatic rings.